The molecule has 2 rings (SSSR count). The third-order valence-electron chi connectivity index (χ3n) is 4.87. The lowest BCUT2D eigenvalue weighted by Crippen LogP contribution is -2.47. The predicted octanol–water partition coefficient (Wildman–Crippen LogP) is 3.47. The van der Waals surface area contributed by atoms with Crippen molar-refractivity contribution in [2.45, 2.75) is 83.2 Å². The normalized spacial score (nSPS) is 32.8. The van der Waals surface area contributed by atoms with E-state index in [1.165, 1.54) is 77.3 Å². The Hall–Kier alpha value is -0.0800. The smallest absolute Gasteiger partial charge is 0.0110 e. The zero-order valence-corrected chi connectivity index (χ0v) is 12.2. The Morgan fingerprint density at radius 3 is 2.72 bits per heavy atom. The molecule has 2 nitrogen and oxygen atoms in total. The first-order valence-corrected chi connectivity index (χ1v) is 8.38. The van der Waals surface area contributed by atoms with E-state index in [1.54, 1.807) is 0 Å². The monoisotopic (exact) mass is 252 g/mol. The maximum absolute atomic E-state index is 3.85. The van der Waals surface area contributed by atoms with E-state index in [1.807, 2.05) is 0 Å². The summed E-state index contributed by atoms with van der Waals surface area (Å²) in [5.74, 6) is 0.913. The first kappa shape index (κ1) is 14.3. The molecule has 0 amide bonds. The summed E-state index contributed by atoms with van der Waals surface area (Å²) < 4.78 is 0. The molecule has 18 heavy (non-hydrogen) atoms. The van der Waals surface area contributed by atoms with Gasteiger partial charge in [0.25, 0.3) is 0 Å². The minimum atomic E-state index is 0.808. The molecule has 106 valence electrons. The average molecular weight is 252 g/mol. The molecule has 1 saturated heterocycles. The highest BCUT2D eigenvalue weighted by atomic mass is 15.0. The number of hydrogen-bond acceptors (Lipinski definition) is 2. The van der Waals surface area contributed by atoms with Crippen LogP contribution in [0, 0.1) is 5.92 Å². The van der Waals surface area contributed by atoms with Crippen LogP contribution in [0.4, 0.5) is 0 Å². The van der Waals surface area contributed by atoms with Gasteiger partial charge < -0.3 is 10.6 Å². The molecule has 0 aromatic rings. The lowest BCUT2D eigenvalue weighted by Gasteiger charge is -2.33. The van der Waals surface area contributed by atoms with Crippen LogP contribution in [0.3, 0.4) is 0 Å². The zero-order valence-electron chi connectivity index (χ0n) is 12.2. The zero-order chi connectivity index (χ0) is 12.6. The van der Waals surface area contributed by atoms with Crippen LogP contribution in [0.15, 0.2) is 0 Å². The quantitative estimate of drug-likeness (QED) is 0.678. The maximum Gasteiger partial charge on any atom is 0.0110 e. The van der Waals surface area contributed by atoms with Gasteiger partial charge in [-0.25, -0.2) is 0 Å². The molecule has 0 aromatic carbocycles. The van der Waals surface area contributed by atoms with Crippen molar-refractivity contribution >= 4 is 0 Å². The van der Waals surface area contributed by atoms with E-state index in [0.29, 0.717) is 0 Å². The van der Waals surface area contributed by atoms with Gasteiger partial charge in [-0.3, -0.25) is 0 Å². The third-order valence-corrected chi connectivity index (χ3v) is 4.87. The highest BCUT2D eigenvalue weighted by Crippen LogP contribution is 2.31. The van der Waals surface area contributed by atoms with Crippen LogP contribution in [0.5, 0.6) is 0 Å². The largest absolute Gasteiger partial charge is 0.314 e. The van der Waals surface area contributed by atoms with Gasteiger partial charge in [-0.2, -0.15) is 0 Å². The predicted molar refractivity (Wildman–Crippen MR) is 78.9 cm³/mol. The lowest BCUT2D eigenvalue weighted by molar-refractivity contribution is 0.257. The van der Waals surface area contributed by atoms with E-state index in [4.69, 9.17) is 0 Å². The van der Waals surface area contributed by atoms with Crippen LogP contribution in [0.25, 0.3) is 0 Å². The molecular formula is C16H32N2. The van der Waals surface area contributed by atoms with E-state index in [2.05, 4.69) is 17.6 Å². The van der Waals surface area contributed by atoms with Crippen LogP contribution in [-0.2, 0) is 0 Å². The summed E-state index contributed by atoms with van der Waals surface area (Å²) in [5, 5.41) is 7.61. The van der Waals surface area contributed by atoms with Gasteiger partial charge in [-0.05, 0) is 51.1 Å². The molecule has 2 N–H and O–H groups in total. The van der Waals surface area contributed by atoms with Crippen LogP contribution >= 0.6 is 0 Å². The standard InChI is InChI=1S/C16H32N2/c1-2-3-4-6-12-17-16-11-8-9-14(16)15-10-5-7-13-18-15/h14-18H,2-13H2,1H3. The summed E-state index contributed by atoms with van der Waals surface area (Å²) >= 11 is 0. The van der Waals surface area contributed by atoms with Crippen LogP contribution in [0.1, 0.15) is 71.1 Å². The van der Waals surface area contributed by atoms with Crippen molar-refractivity contribution < 1.29 is 0 Å². The highest BCUT2D eigenvalue weighted by Gasteiger charge is 2.33. The first-order valence-electron chi connectivity index (χ1n) is 8.38. The molecule has 3 atom stereocenters. The summed E-state index contributed by atoms with van der Waals surface area (Å²) in [6.07, 6.45) is 14.1. The molecule has 0 radical (unpaired) electrons. The van der Waals surface area contributed by atoms with Crippen LogP contribution in [-0.4, -0.2) is 25.2 Å². The fraction of sp³-hybridized carbons (Fsp3) is 1.00. The molecule has 2 aliphatic rings. The molecule has 2 fully saturated rings. The molecular weight excluding hydrogens is 220 g/mol. The number of unbranched alkanes of at least 4 members (excludes halogenated alkanes) is 3. The van der Waals surface area contributed by atoms with Crippen molar-refractivity contribution in [3.63, 3.8) is 0 Å². The number of nitrogens with one attached hydrogen (secondary N) is 2. The molecule has 1 heterocycles. The Balaban J connectivity index is 1.66. The number of hydrogen-bond donors (Lipinski definition) is 2. The first-order chi connectivity index (χ1) is 8.92. The molecule has 1 saturated carbocycles. The summed E-state index contributed by atoms with van der Waals surface area (Å²) in [5.41, 5.74) is 0. The average Bonchev–Trinajstić information content (AvgIpc) is 2.88. The highest BCUT2D eigenvalue weighted by molar-refractivity contribution is 4.92. The van der Waals surface area contributed by atoms with Gasteiger partial charge in [0.2, 0.25) is 0 Å². The molecule has 1 aliphatic heterocycles. The van der Waals surface area contributed by atoms with Gasteiger partial charge in [-0.15, -0.1) is 0 Å². The Morgan fingerprint density at radius 1 is 1.00 bits per heavy atom. The summed E-state index contributed by atoms with van der Waals surface area (Å²) in [4.78, 5) is 0. The molecule has 1 aliphatic carbocycles. The third kappa shape index (κ3) is 4.24. The molecule has 3 unspecified atom stereocenters. The minimum Gasteiger partial charge on any atom is -0.314 e. The molecule has 0 aromatic heterocycles. The molecule has 2 heteroatoms. The number of rotatable bonds is 7. The van der Waals surface area contributed by atoms with Crippen molar-refractivity contribution in [3.05, 3.63) is 0 Å². The van der Waals surface area contributed by atoms with Crippen molar-refractivity contribution in [1.82, 2.24) is 10.6 Å². The summed E-state index contributed by atoms with van der Waals surface area (Å²) in [6.45, 7) is 4.79. The van der Waals surface area contributed by atoms with Gasteiger partial charge in [0.05, 0.1) is 0 Å². The Bertz CT molecular complexity index is 211. The van der Waals surface area contributed by atoms with Crippen molar-refractivity contribution in [3.8, 4) is 0 Å². The molecule has 0 spiro atoms. The minimum absolute atomic E-state index is 0.808. The van der Waals surface area contributed by atoms with E-state index < -0.39 is 0 Å². The van der Waals surface area contributed by atoms with E-state index in [0.717, 1.165) is 18.0 Å². The van der Waals surface area contributed by atoms with Gasteiger partial charge in [0.1, 0.15) is 0 Å². The Morgan fingerprint density at radius 2 is 1.94 bits per heavy atom. The summed E-state index contributed by atoms with van der Waals surface area (Å²) in [7, 11) is 0. The Labute approximate surface area is 113 Å². The second kappa shape index (κ2) is 8.16. The maximum atomic E-state index is 3.85. The second-order valence-electron chi connectivity index (χ2n) is 6.27. The SMILES string of the molecule is CCCCCCNC1CCCC1C1CCCCN1. The fourth-order valence-electron chi connectivity index (χ4n) is 3.81. The lowest BCUT2D eigenvalue weighted by atomic mass is 9.88. The van der Waals surface area contributed by atoms with Gasteiger partial charge in [-0.1, -0.05) is 39.0 Å². The number of piperidine rings is 1. The van der Waals surface area contributed by atoms with E-state index in [-0.39, 0.29) is 0 Å². The topological polar surface area (TPSA) is 24.1 Å². The summed E-state index contributed by atoms with van der Waals surface area (Å²) in [6, 6.07) is 1.62. The van der Waals surface area contributed by atoms with Crippen molar-refractivity contribution in [1.29, 1.82) is 0 Å². The second-order valence-corrected chi connectivity index (χ2v) is 6.27. The van der Waals surface area contributed by atoms with E-state index >= 15 is 0 Å². The van der Waals surface area contributed by atoms with Crippen LogP contribution in [0.2, 0.25) is 0 Å². The van der Waals surface area contributed by atoms with Gasteiger partial charge in [0.15, 0.2) is 0 Å². The van der Waals surface area contributed by atoms with Crippen molar-refractivity contribution in [2.75, 3.05) is 13.1 Å². The van der Waals surface area contributed by atoms with Gasteiger partial charge in [0, 0.05) is 12.1 Å². The van der Waals surface area contributed by atoms with Gasteiger partial charge >= 0.3 is 0 Å². The Kier molecular flexibility index (Phi) is 6.50. The fourth-order valence-corrected chi connectivity index (χ4v) is 3.81. The molecule has 0 bridgehead atoms. The van der Waals surface area contributed by atoms with E-state index in [9.17, 15) is 0 Å². The van der Waals surface area contributed by atoms with Crippen LogP contribution < -0.4 is 10.6 Å². The van der Waals surface area contributed by atoms with Crippen molar-refractivity contribution in [2.24, 2.45) is 5.92 Å².